The van der Waals surface area contributed by atoms with Crippen molar-refractivity contribution in [3.05, 3.63) is 0 Å². The second-order valence-electron chi connectivity index (χ2n) is 3.16. The molecule has 1 fully saturated rings. The van der Waals surface area contributed by atoms with E-state index in [-0.39, 0.29) is 0 Å². The van der Waals surface area contributed by atoms with Crippen molar-refractivity contribution in [3.8, 4) is 0 Å². The van der Waals surface area contributed by atoms with Crippen LogP contribution < -0.4 is 0 Å². The molecule has 0 radical (unpaired) electrons. The molecule has 0 spiro atoms. The van der Waals surface area contributed by atoms with Gasteiger partial charge >= 0.3 is 0 Å². The summed E-state index contributed by atoms with van der Waals surface area (Å²) in [6.45, 7) is 5.59. The van der Waals surface area contributed by atoms with E-state index in [0.29, 0.717) is 0 Å². The predicted molar refractivity (Wildman–Crippen MR) is 38.3 cm³/mol. The number of hydrogen-bond donors (Lipinski definition) is 0. The largest absolute Gasteiger partial charge is 0.385 e. The highest BCUT2D eigenvalue weighted by atomic mass is 16.5. The highest BCUT2D eigenvalue weighted by Crippen LogP contribution is 2.47. The smallest absolute Gasteiger partial charge is 0.0465 e. The molecule has 1 nitrogen and oxygen atoms in total. The molecule has 2 unspecified atom stereocenters. The Kier molecular flexibility index (Phi) is 2.12. The van der Waals surface area contributed by atoms with Crippen LogP contribution in [0.1, 0.15) is 20.3 Å². The molecule has 1 saturated carbocycles. The molecule has 0 aliphatic heterocycles. The standard InChI is InChI=1S/C8H16O/c1-6-7(2)8(6)4-5-9-3/h6-8H,4-5H2,1-3H3. The van der Waals surface area contributed by atoms with Crippen LogP contribution in [0, 0.1) is 17.8 Å². The Morgan fingerprint density at radius 3 is 2.11 bits per heavy atom. The van der Waals surface area contributed by atoms with Crippen LogP contribution in [-0.2, 0) is 4.74 Å². The number of hydrogen-bond acceptors (Lipinski definition) is 1. The maximum Gasteiger partial charge on any atom is 0.0465 e. The van der Waals surface area contributed by atoms with Gasteiger partial charge < -0.3 is 4.74 Å². The lowest BCUT2D eigenvalue weighted by Gasteiger charge is -1.94. The van der Waals surface area contributed by atoms with Gasteiger partial charge in [0.25, 0.3) is 0 Å². The van der Waals surface area contributed by atoms with Gasteiger partial charge in [-0.25, -0.2) is 0 Å². The summed E-state index contributed by atoms with van der Waals surface area (Å²) in [7, 11) is 1.78. The lowest BCUT2D eigenvalue weighted by atomic mass is 10.2. The Morgan fingerprint density at radius 2 is 1.78 bits per heavy atom. The van der Waals surface area contributed by atoms with Crippen LogP contribution in [0.5, 0.6) is 0 Å². The molecule has 0 aromatic carbocycles. The molecule has 1 aliphatic carbocycles. The second-order valence-corrected chi connectivity index (χ2v) is 3.16. The van der Waals surface area contributed by atoms with Crippen LogP contribution in [0.2, 0.25) is 0 Å². The van der Waals surface area contributed by atoms with Crippen molar-refractivity contribution in [2.75, 3.05) is 13.7 Å². The zero-order chi connectivity index (χ0) is 6.85. The first-order chi connectivity index (χ1) is 4.27. The van der Waals surface area contributed by atoms with Crippen molar-refractivity contribution < 1.29 is 4.74 Å². The molecule has 0 aromatic rings. The Balaban J connectivity index is 2.04. The molecule has 9 heavy (non-hydrogen) atoms. The van der Waals surface area contributed by atoms with E-state index in [1.165, 1.54) is 6.42 Å². The molecule has 0 bridgehead atoms. The van der Waals surface area contributed by atoms with Gasteiger partial charge in [0.15, 0.2) is 0 Å². The lowest BCUT2D eigenvalue weighted by Crippen LogP contribution is -1.90. The summed E-state index contributed by atoms with van der Waals surface area (Å²) in [5.41, 5.74) is 0. The van der Waals surface area contributed by atoms with E-state index in [4.69, 9.17) is 4.74 Å². The first-order valence-corrected chi connectivity index (χ1v) is 3.76. The summed E-state index contributed by atoms with van der Waals surface area (Å²) in [6, 6.07) is 0. The number of rotatable bonds is 3. The second kappa shape index (κ2) is 2.70. The van der Waals surface area contributed by atoms with Gasteiger partial charge in [-0.2, -0.15) is 0 Å². The van der Waals surface area contributed by atoms with Crippen molar-refractivity contribution in [3.63, 3.8) is 0 Å². The molecule has 0 aromatic heterocycles. The highest BCUT2D eigenvalue weighted by Gasteiger charge is 2.41. The lowest BCUT2D eigenvalue weighted by molar-refractivity contribution is 0.187. The summed E-state index contributed by atoms with van der Waals surface area (Å²) >= 11 is 0. The van der Waals surface area contributed by atoms with E-state index in [9.17, 15) is 0 Å². The van der Waals surface area contributed by atoms with Gasteiger partial charge in [0.05, 0.1) is 0 Å². The Bertz CT molecular complexity index is 82.6. The Hall–Kier alpha value is -0.0400. The monoisotopic (exact) mass is 128 g/mol. The van der Waals surface area contributed by atoms with Gasteiger partial charge in [0.2, 0.25) is 0 Å². The van der Waals surface area contributed by atoms with E-state index in [0.717, 1.165) is 24.4 Å². The zero-order valence-corrected chi connectivity index (χ0v) is 6.55. The van der Waals surface area contributed by atoms with Crippen molar-refractivity contribution >= 4 is 0 Å². The van der Waals surface area contributed by atoms with Gasteiger partial charge in [-0.1, -0.05) is 13.8 Å². The average Bonchev–Trinajstić information content (AvgIpc) is 2.39. The van der Waals surface area contributed by atoms with Crippen molar-refractivity contribution in [2.45, 2.75) is 20.3 Å². The third kappa shape index (κ3) is 1.45. The van der Waals surface area contributed by atoms with Crippen molar-refractivity contribution in [1.29, 1.82) is 0 Å². The summed E-state index contributed by atoms with van der Waals surface area (Å²) in [5.74, 6) is 2.88. The molecule has 1 rings (SSSR count). The first-order valence-electron chi connectivity index (χ1n) is 3.76. The number of ether oxygens (including phenoxy) is 1. The van der Waals surface area contributed by atoms with Crippen LogP contribution in [0.25, 0.3) is 0 Å². The summed E-state index contributed by atoms with van der Waals surface area (Å²) in [5, 5.41) is 0. The fourth-order valence-electron chi connectivity index (χ4n) is 1.55. The van der Waals surface area contributed by atoms with Gasteiger partial charge in [-0.05, 0) is 24.2 Å². The first kappa shape index (κ1) is 7.07. The highest BCUT2D eigenvalue weighted by molar-refractivity contribution is 4.90. The maximum absolute atomic E-state index is 4.99. The van der Waals surface area contributed by atoms with Crippen LogP contribution in [-0.4, -0.2) is 13.7 Å². The van der Waals surface area contributed by atoms with E-state index < -0.39 is 0 Å². The summed E-state index contributed by atoms with van der Waals surface area (Å²) < 4.78 is 4.99. The minimum Gasteiger partial charge on any atom is -0.385 e. The molecular formula is C8H16O. The fourth-order valence-corrected chi connectivity index (χ4v) is 1.55. The summed E-state index contributed by atoms with van der Waals surface area (Å²) in [4.78, 5) is 0. The van der Waals surface area contributed by atoms with Gasteiger partial charge in [0.1, 0.15) is 0 Å². The topological polar surface area (TPSA) is 9.23 Å². The summed E-state index contributed by atoms with van der Waals surface area (Å²) in [6.07, 6.45) is 1.26. The van der Waals surface area contributed by atoms with Crippen LogP contribution in [0.15, 0.2) is 0 Å². The van der Waals surface area contributed by atoms with E-state index in [2.05, 4.69) is 13.8 Å². The van der Waals surface area contributed by atoms with Crippen LogP contribution >= 0.6 is 0 Å². The molecular weight excluding hydrogens is 112 g/mol. The average molecular weight is 128 g/mol. The zero-order valence-electron chi connectivity index (χ0n) is 6.55. The normalized spacial score (nSPS) is 41.0. The molecule has 1 heteroatoms. The van der Waals surface area contributed by atoms with Crippen molar-refractivity contribution in [1.82, 2.24) is 0 Å². The van der Waals surface area contributed by atoms with Gasteiger partial charge in [-0.15, -0.1) is 0 Å². The molecule has 0 heterocycles. The molecule has 0 saturated heterocycles. The molecule has 0 N–H and O–H groups in total. The SMILES string of the molecule is COCCC1C(C)C1C. The van der Waals surface area contributed by atoms with Crippen LogP contribution in [0.3, 0.4) is 0 Å². The number of methoxy groups -OCH3 is 1. The Labute approximate surface area is 57.4 Å². The molecule has 0 amide bonds. The molecule has 2 atom stereocenters. The minimum atomic E-state index is 0.944. The van der Waals surface area contributed by atoms with Crippen LogP contribution in [0.4, 0.5) is 0 Å². The molecule has 1 aliphatic rings. The van der Waals surface area contributed by atoms with E-state index in [1.54, 1.807) is 7.11 Å². The maximum atomic E-state index is 4.99. The minimum absolute atomic E-state index is 0.944. The van der Waals surface area contributed by atoms with Gasteiger partial charge in [0, 0.05) is 13.7 Å². The third-order valence-corrected chi connectivity index (χ3v) is 2.69. The predicted octanol–water partition coefficient (Wildman–Crippen LogP) is 1.92. The third-order valence-electron chi connectivity index (χ3n) is 2.69. The quantitative estimate of drug-likeness (QED) is 0.564. The van der Waals surface area contributed by atoms with E-state index >= 15 is 0 Å². The van der Waals surface area contributed by atoms with Gasteiger partial charge in [-0.3, -0.25) is 0 Å². The Morgan fingerprint density at radius 1 is 1.22 bits per heavy atom. The fraction of sp³-hybridized carbons (Fsp3) is 1.00. The van der Waals surface area contributed by atoms with E-state index in [1.807, 2.05) is 0 Å². The molecule has 54 valence electrons. The van der Waals surface area contributed by atoms with Crippen molar-refractivity contribution in [2.24, 2.45) is 17.8 Å².